The zero-order valence-electron chi connectivity index (χ0n) is 9.91. The molecule has 88 valence electrons. The Morgan fingerprint density at radius 2 is 1.67 bits per heavy atom. The van der Waals surface area contributed by atoms with Crippen molar-refractivity contribution in [2.75, 3.05) is 14.2 Å². The third kappa shape index (κ3) is 4.81. The summed E-state index contributed by atoms with van der Waals surface area (Å²) in [5, 5.41) is 0. The van der Waals surface area contributed by atoms with Gasteiger partial charge < -0.3 is 9.47 Å². The summed E-state index contributed by atoms with van der Waals surface area (Å²) in [4.78, 5) is 22.6. The molecule has 0 spiro atoms. The zero-order chi connectivity index (χ0) is 11.8. The van der Waals surface area contributed by atoms with Gasteiger partial charge in [0.2, 0.25) is 0 Å². The first-order chi connectivity index (χ1) is 7.06. The smallest absolute Gasteiger partial charge is 0.308 e. The summed E-state index contributed by atoms with van der Waals surface area (Å²) in [7, 11) is 2.72. The number of esters is 2. The van der Waals surface area contributed by atoms with E-state index in [2.05, 4.69) is 9.47 Å². The number of rotatable bonds is 6. The lowest BCUT2D eigenvalue weighted by Gasteiger charge is -2.16. The van der Waals surface area contributed by atoms with Crippen LogP contribution in [-0.2, 0) is 19.1 Å². The zero-order valence-corrected chi connectivity index (χ0v) is 9.91. The average molecular weight is 216 g/mol. The van der Waals surface area contributed by atoms with Crippen LogP contribution in [0.3, 0.4) is 0 Å². The average Bonchev–Trinajstić information content (AvgIpc) is 2.26. The third-order valence-corrected chi connectivity index (χ3v) is 2.41. The van der Waals surface area contributed by atoms with Crippen LogP contribution in [0.1, 0.15) is 33.1 Å². The Morgan fingerprint density at radius 1 is 1.13 bits per heavy atom. The van der Waals surface area contributed by atoms with Gasteiger partial charge in [0.25, 0.3) is 0 Å². The molecule has 0 saturated heterocycles. The van der Waals surface area contributed by atoms with E-state index in [1.807, 2.05) is 6.92 Å². The van der Waals surface area contributed by atoms with Crippen molar-refractivity contribution in [2.45, 2.75) is 33.1 Å². The topological polar surface area (TPSA) is 52.6 Å². The van der Waals surface area contributed by atoms with E-state index in [0.717, 1.165) is 12.8 Å². The maximum absolute atomic E-state index is 11.4. The highest BCUT2D eigenvalue weighted by Gasteiger charge is 2.24. The van der Waals surface area contributed by atoms with Gasteiger partial charge >= 0.3 is 11.9 Å². The van der Waals surface area contributed by atoms with Gasteiger partial charge in [-0.25, -0.2) is 0 Å². The summed E-state index contributed by atoms with van der Waals surface area (Å²) in [6.45, 7) is 3.76. The second-order valence-corrected chi connectivity index (χ2v) is 3.67. The van der Waals surface area contributed by atoms with Crippen molar-refractivity contribution in [2.24, 2.45) is 11.8 Å². The van der Waals surface area contributed by atoms with Crippen molar-refractivity contribution in [3.63, 3.8) is 0 Å². The largest absolute Gasteiger partial charge is 0.469 e. The molecule has 0 unspecified atom stereocenters. The number of carbonyl (C=O) groups is 2. The summed E-state index contributed by atoms with van der Waals surface area (Å²) in [5.74, 6) is -0.979. The number of carbonyl (C=O) groups excluding carboxylic acids is 2. The van der Waals surface area contributed by atoms with Gasteiger partial charge in [-0.1, -0.05) is 20.3 Å². The molecule has 0 fully saturated rings. The van der Waals surface area contributed by atoms with Crippen molar-refractivity contribution in [1.29, 1.82) is 0 Å². The molecule has 0 radical (unpaired) electrons. The first kappa shape index (κ1) is 13.9. The Balaban J connectivity index is 4.27. The molecule has 0 aliphatic carbocycles. The molecule has 0 heterocycles. The van der Waals surface area contributed by atoms with Crippen molar-refractivity contribution < 1.29 is 19.1 Å². The van der Waals surface area contributed by atoms with Crippen molar-refractivity contribution in [3.8, 4) is 0 Å². The van der Waals surface area contributed by atoms with E-state index in [-0.39, 0.29) is 23.8 Å². The van der Waals surface area contributed by atoms with Gasteiger partial charge in [0.15, 0.2) is 0 Å². The molecule has 0 rings (SSSR count). The van der Waals surface area contributed by atoms with Crippen LogP contribution in [0.4, 0.5) is 0 Å². The Hall–Kier alpha value is -1.06. The summed E-state index contributed by atoms with van der Waals surface area (Å²) < 4.78 is 9.30. The van der Waals surface area contributed by atoms with Crippen LogP contribution in [0.5, 0.6) is 0 Å². The molecular weight excluding hydrogens is 196 g/mol. The summed E-state index contributed by atoms with van der Waals surface area (Å²) >= 11 is 0. The minimum absolute atomic E-state index is 0.200. The molecule has 2 atom stereocenters. The molecule has 0 aromatic rings. The van der Waals surface area contributed by atoms with Gasteiger partial charge in [-0.05, 0) is 12.8 Å². The van der Waals surface area contributed by atoms with Crippen molar-refractivity contribution in [3.05, 3.63) is 0 Å². The summed E-state index contributed by atoms with van der Waals surface area (Å²) in [5.41, 5.74) is 0. The SMILES string of the molecule is CCC[C@@H](C[C@@H](C)C(=O)OC)C(=O)OC. The number of hydrogen-bond donors (Lipinski definition) is 0. The van der Waals surface area contributed by atoms with E-state index >= 15 is 0 Å². The predicted molar refractivity (Wildman–Crippen MR) is 56.2 cm³/mol. The van der Waals surface area contributed by atoms with Gasteiger partial charge in [-0.15, -0.1) is 0 Å². The van der Waals surface area contributed by atoms with E-state index in [4.69, 9.17) is 0 Å². The van der Waals surface area contributed by atoms with E-state index in [0.29, 0.717) is 6.42 Å². The maximum Gasteiger partial charge on any atom is 0.308 e. The molecule has 0 aliphatic rings. The fourth-order valence-corrected chi connectivity index (χ4v) is 1.57. The lowest BCUT2D eigenvalue weighted by Crippen LogP contribution is -2.23. The lowest BCUT2D eigenvalue weighted by atomic mass is 9.92. The minimum atomic E-state index is -0.278. The summed E-state index contributed by atoms with van der Waals surface area (Å²) in [6.07, 6.45) is 2.13. The van der Waals surface area contributed by atoms with Crippen LogP contribution < -0.4 is 0 Å². The molecule has 4 nitrogen and oxygen atoms in total. The van der Waals surface area contributed by atoms with E-state index in [9.17, 15) is 9.59 Å². The van der Waals surface area contributed by atoms with Gasteiger partial charge in [0.05, 0.1) is 26.1 Å². The molecular formula is C11H20O4. The standard InChI is InChI=1S/C11H20O4/c1-5-6-9(11(13)15-4)7-8(2)10(12)14-3/h8-9H,5-7H2,1-4H3/t8-,9+/m1/s1. The molecule has 0 N–H and O–H groups in total. The van der Waals surface area contributed by atoms with E-state index < -0.39 is 0 Å². The maximum atomic E-state index is 11.4. The molecule has 0 aliphatic heterocycles. The van der Waals surface area contributed by atoms with E-state index in [1.165, 1.54) is 14.2 Å². The monoisotopic (exact) mass is 216 g/mol. The fraction of sp³-hybridized carbons (Fsp3) is 0.818. The normalized spacial score (nSPS) is 14.1. The lowest BCUT2D eigenvalue weighted by molar-refractivity contribution is -0.149. The van der Waals surface area contributed by atoms with Crippen LogP contribution in [0.15, 0.2) is 0 Å². The molecule has 0 saturated carbocycles. The Morgan fingerprint density at radius 3 is 2.07 bits per heavy atom. The number of ether oxygens (including phenoxy) is 2. The fourth-order valence-electron chi connectivity index (χ4n) is 1.57. The molecule has 0 amide bonds. The highest BCUT2D eigenvalue weighted by Crippen LogP contribution is 2.19. The van der Waals surface area contributed by atoms with Crippen LogP contribution in [0.25, 0.3) is 0 Å². The Kier molecular flexibility index (Phi) is 6.75. The number of methoxy groups -OCH3 is 2. The highest BCUT2D eigenvalue weighted by atomic mass is 16.5. The van der Waals surface area contributed by atoms with Gasteiger partial charge in [-0.2, -0.15) is 0 Å². The van der Waals surface area contributed by atoms with Crippen LogP contribution in [-0.4, -0.2) is 26.2 Å². The molecule has 15 heavy (non-hydrogen) atoms. The Labute approximate surface area is 90.9 Å². The van der Waals surface area contributed by atoms with Crippen molar-refractivity contribution in [1.82, 2.24) is 0 Å². The first-order valence-electron chi connectivity index (χ1n) is 5.22. The van der Waals surface area contributed by atoms with Gasteiger partial charge in [0.1, 0.15) is 0 Å². The van der Waals surface area contributed by atoms with E-state index in [1.54, 1.807) is 6.92 Å². The predicted octanol–water partition coefficient (Wildman–Crippen LogP) is 1.77. The second-order valence-electron chi connectivity index (χ2n) is 3.67. The highest BCUT2D eigenvalue weighted by molar-refractivity contribution is 5.75. The van der Waals surface area contributed by atoms with Crippen LogP contribution in [0, 0.1) is 11.8 Å². The first-order valence-corrected chi connectivity index (χ1v) is 5.22. The third-order valence-electron chi connectivity index (χ3n) is 2.41. The molecule has 0 aromatic carbocycles. The van der Waals surface area contributed by atoms with Gasteiger partial charge in [-0.3, -0.25) is 9.59 Å². The number of hydrogen-bond acceptors (Lipinski definition) is 4. The minimum Gasteiger partial charge on any atom is -0.469 e. The molecule has 0 aromatic heterocycles. The van der Waals surface area contributed by atoms with Crippen LogP contribution >= 0.6 is 0 Å². The molecule has 4 heteroatoms. The second kappa shape index (κ2) is 7.26. The molecule has 0 bridgehead atoms. The van der Waals surface area contributed by atoms with Gasteiger partial charge in [0, 0.05) is 0 Å². The van der Waals surface area contributed by atoms with Crippen molar-refractivity contribution >= 4 is 11.9 Å². The summed E-state index contributed by atoms with van der Waals surface area (Å²) in [6, 6.07) is 0. The quantitative estimate of drug-likeness (QED) is 0.635. The Bertz CT molecular complexity index is 213. The van der Waals surface area contributed by atoms with Crippen LogP contribution in [0.2, 0.25) is 0 Å².